The molecule has 1 aromatic heterocycles. The zero-order valence-corrected chi connectivity index (χ0v) is 13.2. The minimum atomic E-state index is 0.188. The van der Waals surface area contributed by atoms with Gasteiger partial charge in [-0.3, -0.25) is 0 Å². The number of hydrogen-bond acceptors (Lipinski definition) is 3. The van der Waals surface area contributed by atoms with E-state index in [0.29, 0.717) is 0 Å². The molecule has 1 aromatic rings. The molecule has 1 heterocycles. The first kappa shape index (κ1) is 13.6. The summed E-state index contributed by atoms with van der Waals surface area (Å²) in [5.74, 6) is 3.06. The first-order valence-corrected chi connectivity index (χ1v) is 8.51. The Morgan fingerprint density at radius 3 is 2.37 bits per heavy atom. The third-order valence-electron chi connectivity index (χ3n) is 4.33. The smallest absolute Gasteiger partial charge is 0.0981 e. The molecular weight excluding hydrogens is 252 g/mol. The number of rotatable bonds is 6. The second-order valence-corrected chi connectivity index (χ2v) is 8.47. The maximum absolute atomic E-state index is 4.56. The van der Waals surface area contributed by atoms with E-state index < -0.39 is 0 Å². The molecule has 0 bridgehead atoms. The van der Waals surface area contributed by atoms with Gasteiger partial charge in [-0.05, 0) is 50.0 Å². The van der Waals surface area contributed by atoms with Crippen molar-refractivity contribution in [2.45, 2.75) is 58.4 Å². The van der Waals surface area contributed by atoms with Gasteiger partial charge >= 0.3 is 0 Å². The maximum atomic E-state index is 4.56. The number of thiazole rings is 1. The van der Waals surface area contributed by atoms with Crippen LogP contribution in [-0.2, 0) is 12.0 Å². The van der Waals surface area contributed by atoms with Crippen molar-refractivity contribution in [1.82, 2.24) is 10.3 Å². The van der Waals surface area contributed by atoms with Crippen LogP contribution in [0.1, 0.15) is 56.3 Å². The Kier molecular flexibility index (Phi) is 3.69. The van der Waals surface area contributed by atoms with Gasteiger partial charge in [-0.25, -0.2) is 4.98 Å². The number of hydrogen-bond donors (Lipinski definition) is 1. The van der Waals surface area contributed by atoms with E-state index in [9.17, 15) is 0 Å². The van der Waals surface area contributed by atoms with E-state index in [-0.39, 0.29) is 5.41 Å². The molecule has 19 heavy (non-hydrogen) atoms. The van der Waals surface area contributed by atoms with E-state index in [4.69, 9.17) is 0 Å². The molecule has 0 amide bonds. The summed E-state index contributed by atoms with van der Waals surface area (Å²) in [7, 11) is 0. The fraction of sp³-hybridized carbons (Fsp3) is 0.812. The van der Waals surface area contributed by atoms with Crippen molar-refractivity contribution in [1.29, 1.82) is 0 Å². The fourth-order valence-electron chi connectivity index (χ4n) is 2.86. The third-order valence-corrected chi connectivity index (χ3v) is 5.75. The second kappa shape index (κ2) is 5.17. The normalized spacial score (nSPS) is 20.2. The van der Waals surface area contributed by atoms with Gasteiger partial charge in [0.15, 0.2) is 0 Å². The number of aromatic nitrogens is 1. The summed E-state index contributed by atoms with van der Waals surface area (Å²) in [5, 5.41) is 4.93. The molecule has 0 radical (unpaired) electrons. The zero-order chi connectivity index (χ0) is 13.5. The van der Waals surface area contributed by atoms with Gasteiger partial charge in [-0.15, -0.1) is 11.3 Å². The van der Waals surface area contributed by atoms with Crippen LogP contribution in [-0.4, -0.2) is 11.5 Å². The van der Waals surface area contributed by atoms with E-state index in [0.717, 1.165) is 24.3 Å². The summed E-state index contributed by atoms with van der Waals surface area (Å²) in [5.41, 5.74) is 0.188. The lowest BCUT2D eigenvalue weighted by Gasteiger charge is -2.16. The van der Waals surface area contributed by atoms with E-state index in [2.05, 4.69) is 37.3 Å². The molecule has 2 fully saturated rings. The monoisotopic (exact) mass is 278 g/mol. The molecule has 0 saturated heterocycles. The van der Waals surface area contributed by atoms with E-state index in [1.54, 1.807) is 0 Å². The van der Waals surface area contributed by atoms with Crippen LogP contribution in [0.3, 0.4) is 0 Å². The molecule has 0 spiro atoms. The fourth-order valence-corrected chi connectivity index (χ4v) is 3.80. The Hall–Kier alpha value is -0.410. The Bertz CT molecular complexity index is 412. The SMILES string of the molecule is CC(C)(C)c1ncc(CNCC(C2CC2)C2CC2)s1. The second-order valence-electron chi connectivity index (χ2n) is 7.35. The van der Waals surface area contributed by atoms with Crippen molar-refractivity contribution >= 4 is 11.3 Å². The predicted octanol–water partition coefficient (Wildman–Crippen LogP) is 3.97. The molecule has 0 aliphatic heterocycles. The van der Waals surface area contributed by atoms with Gasteiger partial charge in [0.25, 0.3) is 0 Å². The van der Waals surface area contributed by atoms with Crippen LogP contribution in [0.15, 0.2) is 6.20 Å². The van der Waals surface area contributed by atoms with Crippen molar-refractivity contribution in [2.75, 3.05) is 6.54 Å². The van der Waals surface area contributed by atoms with E-state index >= 15 is 0 Å². The van der Waals surface area contributed by atoms with Gasteiger partial charge in [-0.2, -0.15) is 0 Å². The van der Waals surface area contributed by atoms with Gasteiger partial charge in [0, 0.05) is 23.0 Å². The Labute approximate surface area is 121 Å². The average Bonchev–Trinajstić information content (AvgIpc) is 3.24. The molecule has 2 aliphatic carbocycles. The van der Waals surface area contributed by atoms with Crippen LogP contribution in [0.2, 0.25) is 0 Å². The van der Waals surface area contributed by atoms with Gasteiger partial charge in [0.1, 0.15) is 0 Å². The van der Waals surface area contributed by atoms with Gasteiger partial charge in [-0.1, -0.05) is 20.8 Å². The lowest BCUT2D eigenvalue weighted by Crippen LogP contribution is -2.24. The van der Waals surface area contributed by atoms with Crippen molar-refractivity contribution in [3.8, 4) is 0 Å². The lowest BCUT2D eigenvalue weighted by molar-refractivity contribution is 0.379. The van der Waals surface area contributed by atoms with Crippen LogP contribution in [0.4, 0.5) is 0 Å². The highest BCUT2D eigenvalue weighted by atomic mass is 32.1. The molecule has 0 aromatic carbocycles. The van der Waals surface area contributed by atoms with Crippen LogP contribution >= 0.6 is 11.3 Å². The third kappa shape index (κ3) is 3.57. The Morgan fingerprint density at radius 2 is 1.89 bits per heavy atom. The highest BCUT2D eigenvalue weighted by molar-refractivity contribution is 7.11. The van der Waals surface area contributed by atoms with Crippen molar-refractivity contribution in [3.05, 3.63) is 16.1 Å². The van der Waals surface area contributed by atoms with Gasteiger partial charge in [0.05, 0.1) is 5.01 Å². The molecule has 0 atom stereocenters. The molecular formula is C16H26N2S. The highest BCUT2D eigenvalue weighted by Crippen LogP contribution is 2.48. The molecule has 0 unspecified atom stereocenters. The summed E-state index contributed by atoms with van der Waals surface area (Å²) >= 11 is 1.87. The van der Waals surface area contributed by atoms with Crippen LogP contribution in [0.25, 0.3) is 0 Å². The Morgan fingerprint density at radius 1 is 1.26 bits per heavy atom. The molecule has 2 nitrogen and oxygen atoms in total. The molecule has 2 saturated carbocycles. The van der Waals surface area contributed by atoms with E-state index in [1.807, 2.05) is 11.3 Å². The lowest BCUT2D eigenvalue weighted by atomic mass is 9.98. The van der Waals surface area contributed by atoms with Gasteiger partial charge < -0.3 is 5.32 Å². The first-order valence-electron chi connectivity index (χ1n) is 7.70. The molecule has 1 N–H and O–H groups in total. The van der Waals surface area contributed by atoms with E-state index in [1.165, 1.54) is 42.1 Å². The van der Waals surface area contributed by atoms with Crippen LogP contribution in [0.5, 0.6) is 0 Å². The molecule has 2 aliphatic rings. The standard InChI is InChI=1S/C16H26N2S/c1-16(2,3)15-18-9-13(19-15)8-17-10-14(11-4-5-11)12-6-7-12/h9,11-12,14,17H,4-8,10H2,1-3H3. The van der Waals surface area contributed by atoms with Gasteiger partial charge in [0.2, 0.25) is 0 Å². The topological polar surface area (TPSA) is 24.9 Å². The largest absolute Gasteiger partial charge is 0.312 e. The van der Waals surface area contributed by atoms with Crippen LogP contribution < -0.4 is 5.32 Å². The van der Waals surface area contributed by atoms with Crippen LogP contribution in [0, 0.1) is 17.8 Å². The molecule has 3 rings (SSSR count). The summed E-state index contributed by atoms with van der Waals surface area (Å²) in [6, 6.07) is 0. The molecule has 3 heteroatoms. The van der Waals surface area contributed by atoms with Crippen molar-refractivity contribution in [3.63, 3.8) is 0 Å². The predicted molar refractivity (Wildman–Crippen MR) is 81.5 cm³/mol. The maximum Gasteiger partial charge on any atom is 0.0981 e. The van der Waals surface area contributed by atoms with Crippen molar-refractivity contribution in [2.24, 2.45) is 17.8 Å². The minimum absolute atomic E-state index is 0.188. The summed E-state index contributed by atoms with van der Waals surface area (Å²) in [4.78, 5) is 5.94. The summed E-state index contributed by atoms with van der Waals surface area (Å²) < 4.78 is 0. The highest BCUT2D eigenvalue weighted by Gasteiger charge is 2.40. The van der Waals surface area contributed by atoms with Crippen molar-refractivity contribution < 1.29 is 0 Å². The zero-order valence-electron chi connectivity index (χ0n) is 12.4. The first-order chi connectivity index (χ1) is 9.04. The quantitative estimate of drug-likeness (QED) is 0.852. The minimum Gasteiger partial charge on any atom is -0.312 e. The Balaban J connectivity index is 1.47. The number of nitrogens with zero attached hydrogens (tertiary/aromatic N) is 1. The summed E-state index contributed by atoms with van der Waals surface area (Å²) in [6.07, 6.45) is 7.99. The average molecular weight is 278 g/mol. The molecule has 106 valence electrons. The number of nitrogens with one attached hydrogen (secondary N) is 1. The summed E-state index contributed by atoms with van der Waals surface area (Å²) in [6.45, 7) is 8.93.